The number of aliphatic hydroxyl groups excluding tert-OH is 1. The van der Waals surface area contributed by atoms with E-state index < -0.39 is 0 Å². The third-order valence-corrected chi connectivity index (χ3v) is 3.39. The van der Waals surface area contributed by atoms with Crippen LogP contribution in [0.4, 0.5) is 0 Å². The van der Waals surface area contributed by atoms with Crippen molar-refractivity contribution in [3.8, 4) is 11.5 Å². The quantitative estimate of drug-likeness (QED) is 0.909. The maximum absolute atomic E-state index is 9.06. The maximum Gasteiger partial charge on any atom is 0.134 e. The van der Waals surface area contributed by atoms with Crippen LogP contribution in [0, 0.1) is 6.92 Å². The molecular weight excluding hydrogens is 322 g/mol. The highest BCUT2D eigenvalue weighted by Gasteiger charge is 2.05. The summed E-state index contributed by atoms with van der Waals surface area (Å²) < 4.78 is 11.7. The number of methoxy groups -OCH3 is 1. The summed E-state index contributed by atoms with van der Waals surface area (Å²) in [6, 6.07) is 9.20. The van der Waals surface area contributed by atoms with Gasteiger partial charge in [-0.3, -0.25) is 4.98 Å². The van der Waals surface area contributed by atoms with Crippen LogP contribution >= 0.6 is 15.9 Å². The molecule has 0 aliphatic rings. The molecule has 0 saturated heterocycles. The zero-order chi connectivity index (χ0) is 14.5. The smallest absolute Gasteiger partial charge is 0.134 e. The summed E-state index contributed by atoms with van der Waals surface area (Å²) in [6.07, 6.45) is 0. The molecular formula is C15H16BrNO3. The van der Waals surface area contributed by atoms with Crippen molar-refractivity contribution in [1.82, 2.24) is 4.98 Å². The van der Waals surface area contributed by atoms with Gasteiger partial charge in [0.25, 0.3) is 0 Å². The summed E-state index contributed by atoms with van der Waals surface area (Å²) in [5.74, 6) is 1.48. The van der Waals surface area contributed by atoms with Gasteiger partial charge in [-0.25, -0.2) is 0 Å². The van der Waals surface area contributed by atoms with E-state index >= 15 is 0 Å². The molecule has 0 bridgehead atoms. The lowest BCUT2D eigenvalue weighted by Gasteiger charge is -2.10. The predicted octanol–water partition coefficient (Wildman–Crippen LogP) is 3.23. The fourth-order valence-corrected chi connectivity index (χ4v) is 2.35. The van der Waals surface area contributed by atoms with Gasteiger partial charge in [0.05, 0.1) is 23.9 Å². The van der Waals surface area contributed by atoms with E-state index in [1.54, 1.807) is 7.11 Å². The topological polar surface area (TPSA) is 51.6 Å². The number of benzene rings is 1. The van der Waals surface area contributed by atoms with Crippen LogP contribution in [0.25, 0.3) is 0 Å². The average Bonchev–Trinajstić information content (AvgIpc) is 2.45. The maximum atomic E-state index is 9.06. The van der Waals surface area contributed by atoms with Gasteiger partial charge in [0.2, 0.25) is 0 Å². The highest BCUT2D eigenvalue weighted by atomic mass is 79.9. The van der Waals surface area contributed by atoms with Crippen LogP contribution in [0.3, 0.4) is 0 Å². The van der Waals surface area contributed by atoms with E-state index in [2.05, 4.69) is 20.9 Å². The lowest BCUT2D eigenvalue weighted by molar-refractivity contribution is 0.280. The molecule has 1 aromatic carbocycles. The van der Waals surface area contributed by atoms with Gasteiger partial charge < -0.3 is 14.6 Å². The summed E-state index contributed by atoms with van der Waals surface area (Å²) in [5.41, 5.74) is 2.53. The van der Waals surface area contributed by atoms with E-state index in [9.17, 15) is 0 Å². The first-order valence-corrected chi connectivity index (χ1v) is 6.95. The summed E-state index contributed by atoms with van der Waals surface area (Å²) in [7, 11) is 1.63. The molecule has 0 fully saturated rings. The minimum Gasteiger partial charge on any atom is -0.497 e. The highest BCUT2D eigenvalue weighted by Crippen LogP contribution is 2.27. The van der Waals surface area contributed by atoms with Gasteiger partial charge in [-0.2, -0.15) is 0 Å². The first kappa shape index (κ1) is 14.8. The highest BCUT2D eigenvalue weighted by molar-refractivity contribution is 9.10. The Labute approximate surface area is 126 Å². The third-order valence-electron chi connectivity index (χ3n) is 2.77. The first-order valence-electron chi connectivity index (χ1n) is 6.16. The molecule has 2 aromatic rings. The Morgan fingerprint density at radius 1 is 1.25 bits per heavy atom. The van der Waals surface area contributed by atoms with Crippen LogP contribution in [0.2, 0.25) is 0 Å². The number of halogens is 1. The minimum absolute atomic E-state index is 0.00944. The summed E-state index contributed by atoms with van der Waals surface area (Å²) in [5, 5.41) is 9.06. The molecule has 0 atom stereocenters. The molecule has 20 heavy (non-hydrogen) atoms. The normalized spacial score (nSPS) is 10.4. The van der Waals surface area contributed by atoms with E-state index in [4.69, 9.17) is 14.6 Å². The van der Waals surface area contributed by atoms with Gasteiger partial charge in [0.15, 0.2) is 0 Å². The number of hydrogen-bond donors (Lipinski definition) is 1. The van der Waals surface area contributed by atoms with Gasteiger partial charge >= 0.3 is 0 Å². The molecule has 0 saturated carbocycles. The Hall–Kier alpha value is -1.59. The molecule has 0 spiro atoms. The number of hydrogen-bond acceptors (Lipinski definition) is 4. The second kappa shape index (κ2) is 6.72. The number of aromatic nitrogens is 1. The number of aryl methyl sites for hydroxylation is 1. The molecule has 1 N–H and O–H groups in total. The van der Waals surface area contributed by atoms with Crippen LogP contribution < -0.4 is 9.47 Å². The zero-order valence-electron chi connectivity index (χ0n) is 11.4. The SMILES string of the molecule is COc1cc(C)nc(COc2ccc(CO)cc2Br)c1. The average molecular weight is 338 g/mol. The minimum atomic E-state index is 0.00944. The van der Waals surface area contributed by atoms with Crippen molar-refractivity contribution in [3.05, 3.63) is 51.8 Å². The van der Waals surface area contributed by atoms with E-state index in [0.717, 1.165) is 27.2 Å². The summed E-state index contributed by atoms with van der Waals surface area (Å²) in [4.78, 5) is 4.40. The molecule has 4 nitrogen and oxygen atoms in total. The molecule has 0 amide bonds. The molecule has 0 aliphatic heterocycles. The van der Waals surface area contributed by atoms with E-state index in [1.807, 2.05) is 37.3 Å². The predicted molar refractivity (Wildman–Crippen MR) is 79.9 cm³/mol. The van der Waals surface area contributed by atoms with Crippen molar-refractivity contribution in [2.24, 2.45) is 0 Å². The van der Waals surface area contributed by atoms with Gasteiger partial charge in [-0.15, -0.1) is 0 Å². The van der Waals surface area contributed by atoms with E-state index in [1.165, 1.54) is 0 Å². The lowest BCUT2D eigenvalue weighted by Crippen LogP contribution is -2.01. The van der Waals surface area contributed by atoms with Crippen molar-refractivity contribution in [2.45, 2.75) is 20.1 Å². The number of rotatable bonds is 5. The Bertz CT molecular complexity index is 602. The van der Waals surface area contributed by atoms with Crippen molar-refractivity contribution < 1.29 is 14.6 Å². The summed E-state index contributed by atoms with van der Waals surface area (Å²) >= 11 is 3.42. The third kappa shape index (κ3) is 3.71. The second-order valence-electron chi connectivity index (χ2n) is 4.35. The largest absolute Gasteiger partial charge is 0.497 e. The van der Waals surface area contributed by atoms with Gasteiger partial charge in [0.1, 0.15) is 18.1 Å². The Morgan fingerprint density at radius 2 is 2.05 bits per heavy atom. The molecule has 0 aliphatic carbocycles. The van der Waals surface area contributed by atoms with Crippen LogP contribution in [0.1, 0.15) is 17.0 Å². The lowest BCUT2D eigenvalue weighted by atomic mass is 10.2. The fraction of sp³-hybridized carbons (Fsp3) is 0.267. The summed E-state index contributed by atoms with van der Waals surface area (Å²) in [6.45, 7) is 2.28. The van der Waals surface area contributed by atoms with E-state index in [-0.39, 0.29) is 6.61 Å². The van der Waals surface area contributed by atoms with Crippen molar-refractivity contribution in [3.63, 3.8) is 0 Å². The Morgan fingerprint density at radius 3 is 2.70 bits per heavy atom. The molecule has 1 aromatic heterocycles. The fourth-order valence-electron chi connectivity index (χ4n) is 1.81. The first-order chi connectivity index (χ1) is 9.62. The second-order valence-corrected chi connectivity index (χ2v) is 5.21. The molecule has 0 radical (unpaired) electrons. The number of aliphatic hydroxyl groups is 1. The zero-order valence-corrected chi connectivity index (χ0v) is 13.0. The van der Waals surface area contributed by atoms with Crippen LogP contribution in [0.5, 0.6) is 11.5 Å². The molecule has 0 unspecified atom stereocenters. The molecule has 5 heteroatoms. The van der Waals surface area contributed by atoms with E-state index in [0.29, 0.717) is 12.4 Å². The number of pyridine rings is 1. The van der Waals surface area contributed by atoms with Crippen molar-refractivity contribution >= 4 is 15.9 Å². The number of ether oxygens (including phenoxy) is 2. The number of nitrogens with zero attached hydrogens (tertiary/aromatic N) is 1. The van der Waals surface area contributed by atoms with Crippen LogP contribution in [-0.2, 0) is 13.2 Å². The van der Waals surface area contributed by atoms with Crippen LogP contribution in [-0.4, -0.2) is 17.2 Å². The van der Waals surface area contributed by atoms with Crippen molar-refractivity contribution in [2.75, 3.05) is 7.11 Å². The van der Waals surface area contributed by atoms with Gasteiger partial charge in [-0.1, -0.05) is 6.07 Å². The van der Waals surface area contributed by atoms with Crippen molar-refractivity contribution in [1.29, 1.82) is 0 Å². The standard InChI is InChI=1S/C15H16BrNO3/c1-10-5-13(19-2)7-12(17-10)9-20-15-4-3-11(8-18)6-14(15)16/h3-7,18H,8-9H2,1-2H3. The van der Waals surface area contributed by atoms with Gasteiger partial charge in [-0.05, 0) is 40.5 Å². The monoisotopic (exact) mass is 337 g/mol. The molecule has 106 valence electrons. The molecule has 2 rings (SSSR count). The molecule has 1 heterocycles. The van der Waals surface area contributed by atoms with Crippen LogP contribution in [0.15, 0.2) is 34.8 Å². The van der Waals surface area contributed by atoms with Gasteiger partial charge in [0, 0.05) is 17.8 Å². The Balaban J connectivity index is 2.10. The Kier molecular flexibility index (Phi) is 4.98.